The number of carbonyl (C=O) groups excluding carboxylic acids is 1. The average Bonchev–Trinajstić information content (AvgIpc) is 3.44. The summed E-state index contributed by atoms with van der Waals surface area (Å²) in [5.41, 5.74) is 4.59. The molecule has 2 atom stereocenters. The van der Waals surface area contributed by atoms with Gasteiger partial charge in [0.25, 0.3) is 5.91 Å². The van der Waals surface area contributed by atoms with E-state index in [1.165, 1.54) is 4.80 Å². The Hall–Kier alpha value is -3.48. The van der Waals surface area contributed by atoms with Gasteiger partial charge in [0.2, 0.25) is 0 Å². The average molecular weight is 429 g/mol. The van der Waals surface area contributed by atoms with Gasteiger partial charge in [-0.1, -0.05) is 23.8 Å². The van der Waals surface area contributed by atoms with Crippen LogP contribution in [-0.2, 0) is 13.5 Å². The van der Waals surface area contributed by atoms with E-state index in [9.17, 15) is 4.79 Å². The molecule has 32 heavy (non-hydrogen) atoms. The third-order valence-corrected chi connectivity index (χ3v) is 6.61. The molecule has 1 amide bonds. The summed E-state index contributed by atoms with van der Waals surface area (Å²) in [4.78, 5) is 22.1. The number of carbonyl (C=O) groups is 1. The van der Waals surface area contributed by atoms with Crippen molar-refractivity contribution in [3.05, 3.63) is 71.8 Å². The Morgan fingerprint density at radius 3 is 2.66 bits per heavy atom. The SMILES string of the molecule is Cc1ccc(-n2nccn2)c(C(=O)N2C[C@H](Cc3nc4ccccc4n3C)CC[C@@H]2C)c1. The van der Waals surface area contributed by atoms with Crippen molar-refractivity contribution < 1.29 is 4.79 Å². The number of nitrogens with zero attached hydrogens (tertiary/aromatic N) is 6. The summed E-state index contributed by atoms with van der Waals surface area (Å²) in [5, 5.41) is 8.50. The van der Waals surface area contributed by atoms with Crippen molar-refractivity contribution in [2.75, 3.05) is 6.54 Å². The smallest absolute Gasteiger partial charge is 0.256 e. The highest BCUT2D eigenvalue weighted by Crippen LogP contribution is 2.28. The number of benzene rings is 2. The van der Waals surface area contributed by atoms with Gasteiger partial charge in [0.1, 0.15) is 5.82 Å². The second-order valence-corrected chi connectivity index (χ2v) is 8.87. The summed E-state index contributed by atoms with van der Waals surface area (Å²) < 4.78 is 2.18. The Morgan fingerprint density at radius 1 is 1.09 bits per heavy atom. The first-order valence-corrected chi connectivity index (χ1v) is 11.2. The Labute approximate surface area is 187 Å². The van der Waals surface area contributed by atoms with Gasteiger partial charge >= 0.3 is 0 Å². The fraction of sp³-hybridized carbons (Fsp3) is 0.360. The molecule has 7 heteroatoms. The molecule has 1 aliphatic rings. The standard InChI is InChI=1S/C25H28N6O/c1-17-8-11-22(31-26-12-13-27-31)20(14-17)25(32)30-16-19(10-9-18(30)2)15-24-28-21-6-4-5-7-23(21)29(24)3/h4-8,11-14,18-19H,9-10,15-16H2,1-3H3/t18-,19-/m0/s1. The quantitative estimate of drug-likeness (QED) is 0.494. The maximum atomic E-state index is 13.7. The number of fused-ring (bicyclic) bond motifs is 1. The van der Waals surface area contributed by atoms with E-state index in [-0.39, 0.29) is 11.9 Å². The summed E-state index contributed by atoms with van der Waals surface area (Å²) in [6, 6.07) is 14.3. The zero-order valence-corrected chi connectivity index (χ0v) is 18.8. The second-order valence-electron chi connectivity index (χ2n) is 8.87. The van der Waals surface area contributed by atoms with Crippen LogP contribution in [0.4, 0.5) is 0 Å². The van der Waals surface area contributed by atoms with Gasteiger partial charge < -0.3 is 9.47 Å². The molecular formula is C25H28N6O. The van der Waals surface area contributed by atoms with Crippen LogP contribution in [0.1, 0.15) is 41.5 Å². The number of para-hydroxylation sites is 2. The number of aryl methyl sites for hydroxylation is 2. The molecule has 0 saturated carbocycles. The number of likely N-dealkylation sites (tertiary alicyclic amines) is 1. The molecule has 0 N–H and O–H groups in total. The maximum absolute atomic E-state index is 13.7. The molecule has 1 aliphatic heterocycles. The number of imidazole rings is 1. The van der Waals surface area contributed by atoms with Crippen LogP contribution in [0.5, 0.6) is 0 Å². The summed E-state index contributed by atoms with van der Waals surface area (Å²) in [5.74, 6) is 1.50. The summed E-state index contributed by atoms with van der Waals surface area (Å²) in [6.07, 6.45) is 6.20. The molecule has 1 fully saturated rings. The number of hydrogen-bond donors (Lipinski definition) is 0. The summed E-state index contributed by atoms with van der Waals surface area (Å²) >= 11 is 0. The highest BCUT2D eigenvalue weighted by atomic mass is 16.2. The van der Waals surface area contributed by atoms with Gasteiger partial charge in [-0.3, -0.25) is 4.79 Å². The van der Waals surface area contributed by atoms with E-state index in [2.05, 4.69) is 40.9 Å². The van der Waals surface area contributed by atoms with Crippen molar-refractivity contribution in [3.63, 3.8) is 0 Å². The van der Waals surface area contributed by atoms with Gasteiger partial charge in [-0.15, -0.1) is 0 Å². The van der Waals surface area contributed by atoms with Gasteiger partial charge in [0.05, 0.1) is 34.7 Å². The van der Waals surface area contributed by atoms with Gasteiger partial charge in [-0.2, -0.15) is 15.0 Å². The lowest BCUT2D eigenvalue weighted by Crippen LogP contribution is -2.46. The number of aromatic nitrogens is 5. The van der Waals surface area contributed by atoms with Crippen molar-refractivity contribution >= 4 is 16.9 Å². The Morgan fingerprint density at radius 2 is 1.88 bits per heavy atom. The lowest BCUT2D eigenvalue weighted by Gasteiger charge is -2.38. The van der Waals surface area contributed by atoms with E-state index < -0.39 is 0 Å². The molecule has 5 rings (SSSR count). The van der Waals surface area contributed by atoms with Crippen molar-refractivity contribution in [2.24, 2.45) is 13.0 Å². The summed E-state index contributed by atoms with van der Waals surface area (Å²) in [6.45, 7) is 4.87. The van der Waals surface area contributed by atoms with E-state index in [1.807, 2.05) is 42.2 Å². The molecule has 164 valence electrons. The summed E-state index contributed by atoms with van der Waals surface area (Å²) in [7, 11) is 2.08. The van der Waals surface area contributed by atoms with Crippen molar-refractivity contribution in [3.8, 4) is 5.69 Å². The number of amides is 1. The molecule has 0 radical (unpaired) electrons. The molecule has 2 aromatic heterocycles. The molecule has 7 nitrogen and oxygen atoms in total. The first-order valence-electron chi connectivity index (χ1n) is 11.2. The van der Waals surface area contributed by atoms with Crippen LogP contribution in [0.25, 0.3) is 16.7 Å². The highest BCUT2D eigenvalue weighted by molar-refractivity contribution is 5.98. The van der Waals surface area contributed by atoms with Crippen molar-refractivity contribution in [1.82, 2.24) is 29.4 Å². The van der Waals surface area contributed by atoms with Crippen LogP contribution in [0.3, 0.4) is 0 Å². The molecule has 1 saturated heterocycles. The van der Waals surface area contributed by atoms with E-state index in [4.69, 9.17) is 4.98 Å². The van der Waals surface area contributed by atoms with Crippen LogP contribution in [0, 0.1) is 12.8 Å². The number of rotatable bonds is 4. The lowest BCUT2D eigenvalue weighted by atomic mass is 9.90. The molecule has 0 unspecified atom stereocenters. The van der Waals surface area contributed by atoms with Crippen LogP contribution >= 0.6 is 0 Å². The van der Waals surface area contributed by atoms with Crippen molar-refractivity contribution in [1.29, 1.82) is 0 Å². The first-order chi connectivity index (χ1) is 15.5. The monoisotopic (exact) mass is 428 g/mol. The van der Waals surface area contributed by atoms with E-state index >= 15 is 0 Å². The minimum atomic E-state index is 0.0446. The lowest BCUT2D eigenvalue weighted by molar-refractivity contribution is 0.0557. The van der Waals surface area contributed by atoms with Crippen molar-refractivity contribution in [2.45, 2.75) is 39.2 Å². The van der Waals surface area contributed by atoms with E-state index in [1.54, 1.807) is 12.4 Å². The Kier molecular flexibility index (Phi) is 5.25. The molecule has 0 aliphatic carbocycles. The predicted molar refractivity (Wildman–Crippen MR) is 124 cm³/mol. The third-order valence-electron chi connectivity index (χ3n) is 6.61. The zero-order chi connectivity index (χ0) is 22.2. The van der Waals surface area contributed by atoms with E-state index in [0.717, 1.165) is 53.9 Å². The van der Waals surface area contributed by atoms with Gasteiger partial charge in [0, 0.05) is 26.1 Å². The fourth-order valence-corrected chi connectivity index (χ4v) is 4.76. The minimum absolute atomic E-state index is 0.0446. The van der Waals surface area contributed by atoms with Crippen LogP contribution < -0.4 is 0 Å². The topological polar surface area (TPSA) is 68.8 Å². The number of hydrogen-bond acceptors (Lipinski definition) is 4. The van der Waals surface area contributed by atoms with Gasteiger partial charge in [-0.25, -0.2) is 4.98 Å². The largest absolute Gasteiger partial charge is 0.336 e. The minimum Gasteiger partial charge on any atom is -0.336 e. The molecule has 0 spiro atoms. The van der Waals surface area contributed by atoms with Crippen LogP contribution in [0.2, 0.25) is 0 Å². The van der Waals surface area contributed by atoms with Gasteiger partial charge in [-0.05, 0) is 56.9 Å². The predicted octanol–water partition coefficient (Wildman–Crippen LogP) is 3.95. The van der Waals surface area contributed by atoms with Gasteiger partial charge in [0.15, 0.2) is 0 Å². The van der Waals surface area contributed by atoms with Crippen LogP contribution in [-0.4, -0.2) is 47.9 Å². The molecular weight excluding hydrogens is 400 g/mol. The van der Waals surface area contributed by atoms with E-state index in [0.29, 0.717) is 11.5 Å². The molecule has 0 bridgehead atoms. The highest BCUT2D eigenvalue weighted by Gasteiger charge is 2.32. The second kappa shape index (κ2) is 8.22. The Balaban J connectivity index is 1.41. The first kappa shape index (κ1) is 20.4. The molecule has 2 aromatic carbocycles. The Bertz CT molecular complexity index is 1260. The van der Waals surface area contributed by atoms with Crippen LogP contribution in [0.15, 0.2) is 54.9 Å². The maximum Gasteiger partial charge on any atom is 0.256 e. The third kappa shape index (κ3) is 3.68. The molecule has 3 heterocycles. The number of piperidine rings is 1. The normalized spacial score (nSPS) is 18.9. The fourth-order valence-electron chi connectivity index (χ4n) is 4.76. The zero-order valence-electron chi connectivity index (χ0n) is 18.8. The molecule has 4 aromatic rings.